The maximum Gasteiger partial charge on any atom is 0.227 e. The topological polar surface area (TPSA) is 59.8 Å². The van der Waals surface area contributed by atoms with Gasteiger partial charge in [0.15, 0.2) is 0 Å². The second-order valence-electron chi connectivity index (χ2n) is 8.10. The molecule has 1 N–H and O–H groups in total. The zero-order chi connectivity index (χ0) is 24.3. The monoisotopic (exact) mass is 467 g/mol. The SMILES string of the molecule is C=CCOC[C@H](O)CN(CCC)Cc1c(CC)nn(-c2ccccc2)c1Oc1ccc(F)cc1. The van der Waals surface area contributed by atoms with Gasteiger partial charge in [0, 0.05) is 13.1 Å². The van der Waals surface area contributed by atoms with Crippen molar-refractivity contribution in [2.75, 3.05) is 26.3 Å². The molecule has 0 spiro atoms. The van der Waals surface area contributed by atoms with Crippen molar-refractivity contribution in [1.82, 2.24) is 14.7 Å². The summed E-state index contributed by atoms with van der Waals surface area (Å²) >= 11 is 0. The highest BCUT2D eigenvalue weighted by atomic mass is 19.1. The van der Waals surface area contributed by atoms with Gasteiger partial charge in [-0.1, -0.05) is 38.1 Å². The van der Waals surface area contributed by atoms with E-state index in [1.807, 2.05) is 30.3 Å². The standard InChI is InChI=1S/C27H34FN3O3/c1-4-16-30(18-23(32)20-33-17-5-2)19-25-26(6-3)29-31(22-10-8-7-9-11-22)27(25)34-24-14-12-21(28)13-15-24/h5,7-15,23,32H,2,4,6,16-20H2,1,3H3/t23-/m1/s1. The van der Waals surface area contributed by atoms with E-state index in [4.69, 9.17) is 14.6 Å². The molecule has 3 rings (SSSR count). The maximum atomic E-state index is 13.5. The zero-order valence-corrected chi connectivity index (χ0v) is 20.0. The molecule has 0 amide bonds. The third-order valence-electron chi connectivity index (χ3n) is 5.32. The number of halogens is 1. The van der Waals surface area contributed by atoms with Crippen LogP contribution in [0.25, 0.3) is 5.69 Å². The van der Waals surface area contributed by atoms with Crippen LogP contribution < -0.4 is 4.74 Å². The Hall–Kier alpha value is -3.00. The molecule has 0 saturated carbocycles. The molecule has 0 unspecified atom stereocenters. The lowest BCUT2D eigenvalue weighted by molar-refractivity contribution is 0.0244. The molecule has 7 heteroatoms. The van der Waals surface area contributed by atoms with Crippen molar-refractivity contribution < 1.29 is 19.0 Å². The molecule has 34 heavy (non-hydrogen) atoms. The number of hydrogen-bond donors (Lipinski definition) is 1. The summed E-state index contributed by atoms with van der Waals surface area (Å²) in [6.45, 7) is 10.3. The van der Waals surface area contributed by atoms with E-state index in [1.165, 1.54) is 12.1 Å². The largest absolute Gasteiger partial charge is 0.439 e. The molecule has 3 aromatic rings. The molecule has 1 aromatic heterocycles. The first kappa shape index (κ1) is 25.6. The van der Waals surface area contributed by atoms with Gasteiger partial charge in [-0.25, -0.2) is 9.07 Å². The van der Waals surface area contributed by atoms with Crippen molar-refractivity contribution in [2.45, 2.75) is 39.3 Å². The van der Waals surface area contributed by atoms with E-state index in [0.717, 1.165) is 36.3 Å². The molecular formula is C27H34FN3O3. The number of aryl methyl sites for hydroxylation is 1. The smallest absolute Gasteiger partial charge is 0.227 e. The third-order valence-corrected chi connectivity index (χ3v) is 5.32. The van der Waals surface area contributed by atoms with Crippen molar-refractivity contribution in [3.05, 3.63) is 84.3 Å². The van der Waals surface area contributed by atoms with Crippen molar-refractivity contribution in [3.8, 4) is 17.3 Å². The summed E-state index contributed by atoms with van der Waals surface area (Å²) in [7, 11) is 0. The van der Waals surface area contributed by atoms with Gasteiger partial charge in [-0.3, -0.25) is 4.90 Å². The Morgan fingerprint density at radius 3 is 2.53 bits per heavy atom. The van der Waals surface area contributed by atoms with Crippen LogP contribution in [-0.4, -0.2) is 52.2 Å². The number of hydrogen-bond acceptors (Lipinski definition) is 5. The second kappa shape index (κ2) is 13.0. The Balaban J connectivity index is 1.95. The summed E-state index contributed by atoms with van der Waals surface area (Å²) in [5.74, 6) is 0.801. The highest BCUT2D eigenvalue weighted by Crippen LogP contribution is 2.32. The van der Waals surface area contributed by atoms with Crippen LogP contribution >= 0.6 is 0 Å². The van der Waals surface area contributed by atoms with Gasteiger partial charge in [0.2, 0.25) is 5.88 Å². The van der Waals surface area contributed by atoms with E-state index in [1.54, 1.807) is 22.9 Å². The van der Waals surface area contributed by atoms with Crippen molar-refractivity contribution in [2.24, 2.45) is 0 Å². The molecule has 1 heterocycles. The molecule has 0 saturated heterocycles. The summed E-state index contributed by atoms with van der Waals surface area (Å²) in [4.78, 5) is 2.19. The molecule has 0 bridgehead atoms. The van der Waals surface area contributed by atoms with Gasteiger partial charge in [-0.15, -0.1) is 6.58 Å². The molecule has 2 aromatic carbocycles. The van der Waals surface area contributed by atoms with E-state index in [9.17, 15) is 9.50 Å². The van der Waals surface area contributed by atoms with Crippen molar-refractivity contribution in [3.63, 3.8) is 0 Å². The lowest BCUT2D eigenvalue weighted by atomic mass is 10.1. The minimum atomic E-state index is -0.623. The Bertz CT molecular complexity index is 1020. The van der Waals surface area contributed by atoms with Crippen LogP contribution in [0.5, 0.6) is 11.6 Å². The van der Waals surface area contributed by atoms with Crippen LogP contribution in [0.3, 0.4) is 0 Å². The summed E-state index contributed by atoms with van der Waals surface area (Å²) < 4.78 is 27.0. The normalized spacial score (nSPS) is 12.1. The Morgan fingerprint density at radius 1 is 1.15 bits per heavy atom. The summed E-state index contributed by atoms with van der Waals surface area (Å²) in [5, 5.41) is 15.4. The first-order valence-corrected chi connectivity index (χ1v) is 11.7. The third kappa shape index (κ3) is 7.00. The average molecular weight is 468 g/mol. The number of aliphatic hydroxyl groups excluding tert-OH is 1. The van der Waals surface area contributed by atoms with Crippen LogP contribution in [0.1, 0.15) is 31.5 Å². The highest BCUT2D eigenvalue weighted by molar-refractivity contribution is 5.43. The average Bonchev–Trinajstić information content (AvgIpc) is 3.18. The minimum absolute atomic E-state index is 0.245. The van der Waals surface area contributed by atoms with Crippen molar-refractivity contribution in [1.29, 1.82) is 0 Å². The fourth-order valence-corrected chi connectivity index (χ4v) is 3.80. The van der Waals surface area contributed by atoms with Crippen LogP contribution in [-0.2, 0) is 17.7 Å². The first-order valence-electron chi connectivity index (χ1n) is 11.7. The molecule has 0 radical (unpaired) electrons. The molecule has 0 aliphatic rings. The second-order valence-corrected chi connectivity index (χ2v) is 8.10. The Morgan fingerprint density at radius 2 is 1.88 bits per heavy atom. The van der Waals surface area contributed by atoms with Gasteiger partial charge < -0.3 is 14.6 Å². The quantitative estimate of drug-likeness (QED) is 0.263. The predicted molar refractivity (Wildman–Crippen MR) is 132 cm³/mol. The number of para-hydroxylation sites is 1. The van der Waals surface area contributed by atoms with E-state index >= 15 is 0 Å². The molecule has 0 fully saturated rings. The molecular weight excluding hydrogens is 433 g/mol. The van der Waals surface area contributed by atoms with Gasteiger partial charge in [0.25, 0.3) is 0 Å². The molecule has 182 valence electrons. The van der Waals surface area contributed by atoms with Gasteiger partial charge in [0.05, 0.1) is 36.3 Å². The summed E-state index contributed by atoms with van der Waals surface area (Å²) in [5.41, 5.74) is 2.74. The maximum absolute atomic E-state index is 13.5. The van der Waals surface area contributed by atoms with Crippen LogP contribution in [0.4, 0.5) is 4.39 Å². The van der Waals surface area contributed by atoms with Crippen LogP contribution in [0.2, 0.25) is 0 Å². The molecule has 1 atom stereocenters. The van der Waals surface area contributed by atoms with Crippen molar-refractivity contribution >= 4 is 0 Å². The minimum Gasteiger partial charge on any atom is -0.439 e. The van der Waals surface area contributed by atoms with Gasteiger partial charge in [0.1, 0.15) is 11.6 Å². The number of rotatable bonds is 14. The number of aromatic nitrogens is 2. The van der Waals surface area contributed by atoms with Crippen LogP contribution in [0.15, 0.2) is 67.3 Å². The van der Waals surface area contributed by atoms with E-state index < -0.39 is 6.10 Å². The van der Waals surface area contributed by atoms with Crippen LogP contribution in [0, 0.1) is 5.82 Å². The fourth-order valence-electron chi connectivity index (χ4n) is 3.80. The fraction of sp³-hybridized carbons (Fsp3) is 0.370. The lowest BCUT2D eigenvalue weighted by Crippen LogP contribution is -2.35. The summed E-state index contributed by atoms with van der Waals surface area (Å²) in [6, 6.07) is 15.8. The van der Waals surface area contributed by atoms with Gasteiger partial charge in [-0.05, 0) is 55.8 Å². The van der Waals surface area contributed by atoms with E-state index in [-0.39, 0.29) is 12.4 Å². The lowest BCUT2D eigenvalue weighted by Gasteiger charge is -2.25. The van der Waals surface area contributed by atoms with E-state index in [0.29, 0.717) is 31.3 Å². The van der Waals surface area contributed by atoms with E-state index in [2.05, 4.69) is 25.3 Å². The first-order chi connectivity index (χ1) is 16.5. The Kier molecular flexibility index (Phi) is 9.82. The molecule has 0 aliphatic heterocycles. The molecule has 0 aliphatic carbocycles. The number of ether oxygens (including phenoxy) is 2. The predicted octanol–water partition coefficient (Wildman–Crippen LogP) is 5.14. The van der Waals surface area contributed by atoms with Gasteiger partial charge >= 0.3 is 0 Å². The number of aliphatic hydroxyl groups is 1. The molecule has 6 nitrogen and oxygen atoms in total. The summed E-state index contributed by atoms with van der Waals surface area (Å²) in [6.07, 6.45) is 2.70. The number of nitrogens with zero attached hydrogens (tertiary/aromatic N) is 3. The van der Waals surface area contributed by atoms with Gasteiger partial charge in [-0.2, -0.15) is 5.10 Å². The Labute approximate surface area is 201 Å². The highest BCUT2D eigenvalue weighted by Gasteiger charge is 2.23. The zero-order valence-electron chi connectivity index (χ0n) is 20.0. The number of benzene rings is 2.